The molecular weight excluding hydrogens is 434 g/mol. The summed E-state index contributed by atoms with van der Waals surface area (Å²) in [6.07, 6.45) is 0.0888. The minimum absolute atomic E-state index is 0.0242. The van der Waals surface area contributed by atoms with Gasteiger partial charge in [0.2, 0.25) is 0 Å². The lowest BCUT2D eigenvalue weighted by Crippen LogP contribution is -2.23. The smallest absolute Gasteiger partial charge is 0.121 e. The van der Waals surface area contributed by atoms with E-state index in [2.05, 4.69) is 17.4 Å². The van der Waals surface area contributed by atoms with Crippen LogP contribution in [0.2, 0.25) is 0 Å². The highest BCUT2D eigenvalue weighted by atomic mass is 16.5. The van der Waals surface area contributed by atoms with E-state index in [0.29, 0.717) is 50.6 Å². The van der Waals surface area contributed by atoms with Crippen molar-refractivity contribution in [2.24, 2.45) is 0 Å². The van der Waals surface area contributed by atoms with Crippen molar-refractivity contribution >= 4 is 0 Å². The van der Waals surface area contributed by atoms with Gasteiger partial charge in [0.15, 0.2) is 0 Å². The van der Waals surface area contributed by atoms with Gasteiger partial charge in [-0.2, -0.15) is 0 Å². The van der Waals surface area contributed by atoms with E-state index in [9.17, 15) is 20.4 Å². The monoisotopic (exact) mass is 467 g/mol. The number of hydrogen-bond donors (Lipinski definition) is 5. The summed E-state index contributed by atoms with van der Waals surface area (Å²) in [4.78, 5) is 0. The number of aromatic hydroxyl groups is 2. The maximum atomic E-state index is 10.3. The van der Waals surface area contributed by atoms with Crippen molar-refractivity contribution in [3.05, 3.63) is 94.5 Å². The molecule has 0 fully saturated rings. The Balaban J connectivity index is 1.32. The Bertz CT molecular complexity index is 1030. The van der Waals surface area contributed by atoms with E-state index >= 15 is 0 Å². The zero-order chi connectivity index (χ0) is 24.2. The molecule has 3 aromatic carbocycles. The van der Waals surface area contributed by atoms with Crippen LogP contribution in [0.15, 0.2) is 66.7 Å². The Morgan fingerprint density at radius 1 is 0.794 bits per heavy atom. The summed E-state index contributed by atoms with van der Waals surface area (Å²) in [5, 5.41) is 41.9. The SMILES string of the molecule is OCc1cc(C(O)CNCCc2cccc(COCCOCc3cccc(O)c3)c2)ccc1O. The van der Waals surface area contributed by atoms with Gasteiger partial charge in [0.25, 0.3) is 0 Å². The molecule has 182 valence electrons. The van der Waals surface area contributed by atoms with Crippen molar-refractivity contribution in [2.75, 3.05) is 26.3 Å². The Morgan fingerprint density at radius 2 is 1.47 bits per heavy atom. The Hall–Kier alpha value is -2.94. The van der Waals surface area contributed by atoms with Crippen molar-refractivity contribution in [1.29, 1.82) is 0 Å². The predicted octanol–water partition coefficient (Wildman–Crippen LogP) is 3.19. The average Bonchev–Trinajstić information content (AvgIpc) is 2.84. The molecule has 7 heteroatoms. The maximum Gasteiger partial charge on any atom is 0.121 e. The van der Waals surface area contributed by atoms with E-state index < -0.39 is 6.10 Å². The fraction of sp³-hybridized carbons (Fsp3) is 0.333. The Morgan fingerprint density at radius 3 is 2.18 bits per heavy atom. The number of phenols is 2. The van der Waals surface area contributed by atoms with Gasteiger partial charge >= 0.3 is 0 Å². The average molecular weight is 468 g/mol. The topological polar surface area (TPSA) is 111 Å². The lowest BCUT2D eigenvalue weighted by atomic mass is 10.0. The number of benzene rings is 3. The van der Waals surface area contributed by atoms with Gasteiger partial charge in [-0.1, -0.05) is 42.5 Å². The fourth-order valence-corrected chi connectivity index (χ4v) is 3.55. The molecule has 0 saturated carbocycles. The highest BCUT2D eigenvalue weighted by Crippen LogP contribution is 2.22. The van der Waals surface area contributed by atoms with E-state index in [1.54, 1.807) is 30.3 Å². The van der Waals surface area contributed by atoms with Gasteiger partial charge in [-0.05, 0) is 59.5 Å². The highest BCUT2D eigenvalue weighted by molar-refractivity contribution is 5.36. The van der Waals surface area contributed by atoms with Crippen molar-refractivity contribution < 1.29 is 29.9 Å². The number of ether oxygens (including phenoxy) is 2. The van der Waals surface area contributed by atoms with E-state index in [1.165, 1.54) is 11.6 Å². The third-order valence-corrected chi connectivity index (χ3v) is 5.40. The molecule has 5 N–H and O–H groups in total. The van der Waals surface area contributed by atoms with Crippen molar-refractivity contribution in [2.45, 2.75) is 32.3 Å². The predicted molar refractivity (Wildman–Crippen MR) is 129 cm³/mol. The number of rotatable bonds is 14. The molecule has 34 heavy (non-hydrogen) atoms. The first-order valence-corrected chi connectivity index (χ1v) is 11.4. The molecule has 0 aliphatic carbocycles. The summed E-state index contributed by atoms with van der Waals surface area (Å²) in [5.74, 6) is 0.258. The molecular formula is C27H33NO6. The van der Waals surface area contributed by atoms with Crippen LogP contribution >= 0.6 is 0 Å². The first-order chi connectivity index (χ1) is 16.5. The highest BCUT2D eigenvalue weighted by Gasteiger charge is 2.10. The lowest BCUT2D eigenvalue weighted by Gasteiger charge is -2.14. The third-order valence-electron chi connectivity index (χ3n) is 5.40. The van der Waals surface area contributed by atoms with Gasteiger partial charge in [-0.25, -0.2) is 0 Å². The molecule has 1 unspecified atom stereocenters. The largest absolute Gasteiger partial charge is 0.508 e. The minimum atomic E-state index is -0.722. The van der Waals surface area contributed by atoms with E-state index in [4.69, 9.17) is 9.47 Å². The number of aliphatic hydroxyl groups is 2. The number of hydrogen-bond acceptors (Lipinski definition) is 7. The van der Waals surface area contributed by atoms with Crippen LogP contribution in [0.5, 0.6) is 11.5 Å². The quantitative estimate of drug-likeness (QED) is 0.232. The standard InChI is InChI=1S/C27H33NO6/c29-17-24-15-23(7-8-26(24)31)27(32)16-28-10-9-20-3-1-4-21(13-20)18-33-11-12-34-19-22-5-2-6-25(30)14-22/h1-8,13-15,27-32H,9-12,16-19H2. The zero-order valence-corrected chi connectivity index (χ0v) is 19.2. The maximum absolute atomic E-state index is 10.3. The first-order valence-electron chi connectivity index (χ1n) is 11.4. The Kier molecular flexibility index (Phi) is 10.3. The molecule has 0 radical (unpaired) electrons. The van der Waals surface area contributed by atoms with Gasteiger partial charge in [-0.3, -0.25) is 0 Å². The molecule has 0 aliphatic rings. The van der Waals surface area contributed by atoms with Crippen LogP contribution in [-0.2, 0) is 35.7 Å². The molecule has 0 aromatic heterocycles. The molecule has 0 saturated heterocycles. The minimum Gasteiger partial charge on any atom is -0.508 e. The molecule has 0 heterocycles. The Labute approximate surface area is 200 Å². The van der Waals surface area contributed by atoms with E-state index in [-0.39, 0.29) is 18.1 Å². The number of phenolic OH excluding ortho intramolecular Hbond substituents is 1. The molecule has 3 rings (SSSR count). The molecule has 7 nitrogen and oxygen atoms in total. The second-order valence-corrected chi connectivity index (χ2v) is 8.11. The second-order valence-electron chi connectivity index (χ2n) is 8.11. The lowest BCUT2D eigenvalue weighted by molar-refractivity contribution is 0.0338. The van der Waals surface area contributed by atoms with E-state index in [1.807, 2.05) is 18.2 Å². The van der Waals surface area contributed by atoms with Gasteiger partial charge in [-0.15, -0.1) is 0 Å². The summed E-state index contributed by atoms with van der Waals surface area (Å²) >= 11 is 0. The summed E-state index contributed by atoms with van der Waals surface area (Å²) in [6.45, 7) is 2.70. The normalized spacial score (nSPS) is 12.1. The van der Waals surface area contributed by atoms with Crippen molar-refractivity contribution in [3.63, 3.8) is 0 Å². The van der Waals surface area contributed by atoms with E-state index in [0.717, 1.165) is 17.5 Å². The fourth-order valence-electron chi connectivity index (χ4n) is 3.55. The molecule has 0 aliphatic heterocycles. The number of aliphatic hydroxyl groups excluding tert-OH is 2. The molecule has 0 spiro atoms. The summed E-state index contributed by atoms with van der Waals surface area (Å²) in [6, 6.07) is 20.0. The van der Waals surface area contributed by atoms with Crippen LogP contribution < -0.4 is 5.32 Å². The summed E-state index contributed by atoms with van der Waals surface area (Å²) < 4.78 is 11.3. The van der Waals surface area contributed by atoms with Crippen molar-refractivity contribution in [1.82, 2.24) is 5.32 Å². The van der Waals surface area contributed by atoms with Crippen LogP contribution in [0.3, 0.4) is 0 Å². The van der Waals surface area contributed by atoms with Gasteiger partial charge < -0.3 is 35.2 Å². The molecule has 3 aromatic rings. The van der Waals surface area contributed by atoms with Gasteiger partial charge in [0.05, 0.1) is 39.1 Å². The van der Waals surface area contributed by atoms with Crippen LogP contribution in [0.4, 0.5) is 0 Å². The van der Waals surface area contributed by atoms with Crippen LogP contribution in [0.1, 0.15) is 33.9 Å². The van der Waals surface area contributed by atoms with Crippen LogP contribution in [-0.4, -0.2) is 46.7 Å². The molecule has 1 atom stereocenters. The summed E-state index contributed by atoms with van der Waals surface area (Å²) in [5.41, 5.74) is 4.24. The van der Waals surface area contributed by atoms with Gasteiger partial charge in [0, 0.05) is 12.1 Å². The van der Waals surface area contributed by atoms with Gasteiger partial charge in [0.1, 0.15) is 11.5 Å². The third kappa shape index (κ3) is 8.44. The summed E-state index contributed by atoms with van der Waals surface area (Å²) in [7, 11) is 0. The second kappa shape index (κ2) is 13.7. The first kappa shape index (κ1) is 25.7. The van der Waals surface area contributed by atoms with Crippen LogP contribution in [0.25, 0.3) is 0 Å². The van der Waals surface area contributed by atoms with Crippen molar-refractivity contribution in [3.8, 4) is 11.5 Å². The number of nitrogens with one attached hydrogen (secondary N) is 1. The van der Waals surface area contributed by atoms with Crippen LogP contribution in [0, 0.1) is 0 Å². The molecule has 0 amide bonds. The zero-order valence-electron chi connectivity index (χ0n) is 19.2. The molecule has 0 bridgehead atoms.